The molecule has 0 bridgehead atoms. The van der Waals surface area contributed by atoms with Crippen LogP contribution in [0.4, 0.5) is 11.4 Å². The molecule has 158 valence electrons. The fourth-order valence-electron chi connectivity index (χ4n) is 2.90. The second kappa shape index (κ2) is 10.8. The van der Waals surface area contributed by atoms with E-state index in [2.05, 4.69) is 11.9 Å². The Morgan fingerprint density at radius 3 is 2.57 bits per heavy atom. The fourth-order valence-corrected chi connectivity index (χ4v) is 2.90. The molecule has 0 aliphatic rings. The van der Waals surface area contributed by atoms with Crippen LogP contribution < -0.4 is 10.1 Å². The average molecular weight is 411 g/mol. The van der Waals surface area contributed by atoms with Gasteiger partial charge in [-0.25, -0.2) is 0 Å². The Morgan fingerprint density at radius 1 is 1.20 bits per heavy atom. The summed E-state index contributed by atoms with van der Waals surface area (Å²) in [4.78, 5) is 36.9. The van der Waals surface area contributed by atoms with E-state index in [4.69, 9.17) is 4.74 Å². The van der Waals surface area contributed by atoms with Gasteiger partial charge < -0.3 is 15.0 Å². The maximum atomic E-state index is 12.5. The molecule has 0 radical (unpaired) electrons. The predicted molar refractivity (Wildman–Crippen MR) is 115 cm³/mol. The number of ether oxygens (including phenoxy) is 1. The third kappa shape index (κ3) is 5.91. The van der Waals surface area contributed by atoms with Crippen LogP contribution in [-0.4, -0.2) is 41.3 Å². The van der Waals surface area contributed by atoms with Crippen LogP contribution in [0.3, 0.4) is 0 Å². The van der Waals surface area contributed by atoms with Crippen molar-refractivity contribution < 1.29 is 19.2 Å². The first kappa shape index (κ1) is 22.6. The highest BCUT2D eigenvalue weighted by molar-refractivity contribution is 5.97. The third-order valence-corrected chi connectivity index (χ3v) is 4.42. The number of hydrogen-bond donors (Lipinski definition) is 1. The van der Waals surface area contributed by atoms with Crippen LogP contribution >= 0.6 is 0 Å². The van der Waals surface area contributed by atoms with Crippen LogP contribution in [0.15, 0.2) is 55.1 Å². The largest absolute Gasteiger partial charge is 0.483 e. The summed E-state index contributed by atoms with van der Waals surface area (Å²) in [5.41, 5.74) is 1.48. The Kier molecular flexibility index (Phi) is 8.10. The van der Waals surface area contributed by atoms with Gasteiger partial charge >= 0.3 is 0 Å². The normalized spacial score (nSPS) is 10.2. The number of nitro groups is 1. The molecule has 2 aromatic carbocycles. The molecule has 2 aromatic rings. The minimum Gasteiger partial charge on any atom is -0.483 e. The summed E-state index contributed by atoms with van der Waals surface area (Å²) in [6.07, 6.45) is 1.97. The summed E-state index contributed by atoms with van der Waals surface area (Å²) < 4.78 is 5.55. The van der Waals surface area contributed by atoms with E-state index >= 15 is 0 Å². The number of allylic oxidation sites excluding steroid dienone is 1. The molecule has 8 heteroatoms. The second-order valence-corrected chi connectivity index (χ2v) is 6.44. The topological polar surface area (TPSA) is 102 Å². The van der Waals surface area contributed by atoms with Gasteiger partial charge in [0.1, 0.15) is 5.75 Å². The summed E-state index contributed by atoms with van der Waals surface area (Å²) in [6, 6.07) is 10.9. The zero-order valence-electron chi connectivity index (χ0n) is 17.1. The van der Waals surface area contributed by atoms with Gasteiger partial charge in [-0.2, -0.15) is 0 Å². The fraction of sp³-hybridized carbons (Fsp3) is 0.273. The van der Waals surface area contributed by atoms with E-state index in [1.807, 2.05) is 13.8 Å². The second-order valence-electron chi connectivity index (χ2n) is 6.44. The smallest absolute Gasteiger partial charge is 0.269 e. The van der Waals surface area contributed by atoms with E-state index in [0.29, 0.717) is 42.1 Å². The molecular weight excluding hydrogens is 386 g/mol. The number of amides is 2. The molecule has 8 nitrogen and oxygen atoms in total. The van der Waals surface area contributed by atoms with E-state index in [1.54, 1.807) is 35.2 Å². The van der Waals surface area contributed by atoms with E-state index < -0.39 is 10.8 Å². The number of non-ortho nitro benzene ring substituents is 1. The molecule has 30 heavy (non-hydrogen) atoms. The number of benzene rings is 2. The Balaban J connectivity index is 2.05. The Hall–Kier alpha value is -3.68. The van der Waals surface area contributed by atoms with E-state index in [9.17, 15) is 19.7 Å². The summed E-state index contributed by atoms with van der Waals surface area (Å²) in [5.74, 6) is -0.140. The van der Waals surface area contributed by atoms with Crippen molar-refractivity contribution in [2.45, 2.75) is 20.3 Å². The predicted octanol–water partition coefficient (Wildman–Crippen LogP) is 3.82. The SMILES string of the molecule is C=CCc1cc([N+](=O)[O-])ccc1OCC(=O)Nc1cccc(C(=O)N(CC)CC)c1. The maximum absolute atomic E-state index is 12.5. The van der Waals surface area contributed by atoms with Gasteiger partial charge in [0, 0.05) is 42.0 Å². The Morgan fingerprint density at radius 2 is 1.93 bits per heavy atom. The number of hydrogen-bond acceptors (Lipinski definition) is 5. The highest BCUT2D eigenvalue weighted by Gasteiger charge is 2.15. The summed E-state index contributed by atoms with van der Waals surface area (Å²) in [5, 5.41) is 13.6. The minimum absolute atomic E-state index is 0.0571. The molecular formula is C22H25N3O5. The van der Waals surface area contributed by atoms with Crippen LogP contribution in [0.2, 0.25) is 0 Å². The molecule has 2 amide bonds. The standard InChI is InChI=1S/C22H25N3O5/c1-4-8-16-14-19(25(28)29)11-12-20(16)30-15-21(26)23-18-10-7-9-17(13-18)22(27)24(5-2)6-3/h4,7,9-14H,1,5-6,8,15H2,2-3H3,(H,23,26). The van der Waals surface area contributed by atoms with Gasteiger partial charge in [-0.05, 0) is 44.5 Å². The highest BCUT2D eigenvalue weighted by atomic mass is 16.6. The zero-order valence-corrected chi connectivity index (χ0v) is 17.1. The van der Waals surface area contributed by atoms with Crippen molar-refractivity contribution in [2.75, 3.05) is 25.0 Å². The molecule has 0 saturated heterocycles. The number of rotatable bonds is 10. The van der Waals surface area contributed by atoms with Crippen molar-refractivity contribution in [3.05, 3.63) is 76.4 Å². The lowest BCUT2D eigenvalue weighted by Crippen LogP contribution is -2.30. The van der Waals surface area contributed by atoms with Gasteiger partial charge in [0.05, 0.1) is 4.92 Å². The molecule has 0 aliphatic carbocycles. The van der Waals surface area contributed by atoms with Crippen molar-refractivity contribution in [2.24, 2.45) is 0 Å². The lowest BCUT2D eigenvalue weighted by Gasteiger charge is -2.19. The summed E-state index contributed by atoms with van der Waals surface area (Å²) in [7, 11) is 0. The molecule has 0 unspecified atom stereocenters. The van der Waals surface area contributed by atoms with Crippen molar-refractivity contribution in [3.63, 3.8) is 0 Å². The number of carbonyl (C=O) groups is 2. The first-order chi connectivity index (χ1) is 14.4. The number of carbonyl (C=O) groups excluding carboxylic acids is 2. The van der Waals surface area contributed by atoms with Gasteiger partial charge in [0.25, 0.3) is 17.5 Å². The lowest BCUT2D eigenvalue weighted by atomic mass is 10.1. The molecule has 0 heterocycles. The molecule has 0 saturated carbocycles. The van der Waals surface area contributed by atoms with Gasteiger partial charge in [0.2, 0.25) is 0 Å². The third-order valence-electron chi connectivity index (χ3n) is 4.42. The van der Waals surface area contributed by atoms with Crippen LogP contribution in [-0.2, 0) is 11.2 Å². The molecule has 0 aliphatic heterocycles. The molecule has 0 atom stereocenters. The summed E-state index contributed by atoms with van der Waals surface area (Å²) >= 11 is 0. The van der Waals surface area contributed by atoms with Crippen molar-refractivity contribution in [1.29, 1.82) is 0 Å². The van der Waals surface area contributed by atoms with Gasteiger partial charge in [-0.1, -0.05) is 12.1 Å². The Bertz CT molecular complexity index is 938. The number of nitrogens with zero attached hydrogens (tertiary/aromatic N) is 2. The number of nitro benzene ring substituents is 1. The Labute approximate surface area is 175 Å². The minimum atomic E-state index is -0.491. The molecule has 1 N–H and O–H groups in total. The van der Waals surface area contributed by atoms with Crippen LogP contribution in [0, 0.1) is 10.1 Å². The van der Waals surface area contributed by atoms with E-state index in [0.717, 1.165) is 0 Å². The van der Waals surface area contributed by atoms with Crippen molar-refractivity contribution >= 4 is 23.2 Å². The number of nitrogens with one attached hydrogen (secondary N) is 1. The van der Waals surface area contributed by atoms with Gasteiger partial charge in [-0.15, -0.1) is 6.58 Å². The number of anilines is 1. The quantitative estimate of drug-likeness (QED) is 0.364. The lowest BCUT2D eigenvalue weighted by molar-refractivity contribution is -0.384. The molecule has 0 spiro atoms. The average Bonchev–Trinajstić information content (AvgIpc) is 2.74. The van der Waals surface area contributed by atoms with E-state index in [-0.39, 0.29) is 18.2 Å². The highest BCUT2D eigenvalue weighted by Crippen LogP contribution is 2.25. The van der Waals surface area contributed by atoms with Crippen LogP contribution in [0.5, 0.6) is 5.75 Å². The monoisotopic (exact) mass is 411 g/mol. The first-order valence-corrected chi connectivity index (χ1v) is 9.59. The van der Waals surface area contributed by atoms with Gasteiger partial charge in [0.15, 0.2) is 6.61 Å². The van der Waals surface area contributed by atoms with Crippen molar-refractivity contribution in [1.82, 2.24) is 4.90 Å². The van der Waals surface area contributed by atoms with Crippen LogP contribution in [0.25, 0.3) is 0 Å². The molecule has 0 aromatic heterocycles. The van der Waals surface area contributed by atoms with Gasteiger partial charge in [-0.3, -0.25) is 19.7 Å². The van der Waals surface area contributed by atoms with Crippen LogP contribution in [0.1, 0.15) is 29.8 Å². The molecule has 0 fully saturated rings. The van der Waals surface area contributed by atoms with E-state index in [1.165, 1.54) is 18.2 Å². The maximum Gasteiger partial charge on any atom is 0.269 e. The first-order valence-electron chi connectivity index (χ1n) is 9.59. The van der Waals surface area contributed by atoms with Crippen molar-refractivity contribution in [3.8, 4) is 5.75 Å². The summed E-state index contributed by atoms with van der Waals surface area (Å²) in [6.45, 7) is 8.36. The molecule has 2 rings (SSSR count). The zero-order chi connectivity index (χ0) is 22.1.